The molecule has 22 heavy (non-hydrogen) atoms. The van der Waals surface area contributed by atoms with E-state index in [4.69, 9.17) is 10.3 Å². The van der Waals surface area contributed by atoms with Crippen LogP contribution in [0.5, 0.6) is 0 Å². The van der Waals surface area contributed by atoms with Crippen molar-refractivity contribution in [1.82, 2.24) is 10.1 Å². The van der Waals surface area contributed by atoms with Crippen molar-refractivity contribution in [3.05, 3.63) is 42.1 Å². The minimum Gasteiger partial charge on any atom is -0.356 e. The molecular weight excluding hydrogens is 298 g/mol. The number of hydrogen-bond donors (Lipinski definition) is 1. The molecule has 2 aliphatic rings. The van der Waals surface area contributed by atoms with Crippen molar-refractivity contribution in [2.45, 2.75) is 25.4 Å². The third-order valence-electron chi connectivity index (χ3n) is 4.99. The zero-order chi connectivity index (χ0) is 14.2. The third kappa shape index (κ3) is 2.91. The summed E-state index contributed by atoms with van der Waals surface area (Å²) in [6.07, 6.45) is 2.49. The average Bonchev–Trinajstić information content (AvgIpc) is 3.19. The molecule has 4 rings (SSSR count). The minimum atomic E-state index is 0. The molecule has 4 nitrogen and oxygen atoms in total. The summed E-state index contributed by atoms with van der Waals surface area (Å²) in [5.74, 6) is 2.33. The topological polar surface area (TPSA) is 55.3 Å². The predicted molar refractivity (Wildman–Crippen MR) is 88.7 cm³/mol. The van der Waals surface area contributed by atoms with E-state index in [0.29, 0.717) is 12.0 Å². The van der Waals surface area contributed by atoms with Crippen molar-refractivity contribution in [3.63, 3.8) is 0 Å². The Morgan fingerprint density at radius 1 is 1.18 bits per heavy atom. The predicted octanol–water partition coefficient (Wildman–Crippen LogP) is 2.93. The quantitative estimate of drug-likeness (QED) is 0.945. The maximum Gasteiger partial charge on any atom is 0.167 e. The summed E-state index contributed by atoms with van der Waals surface area (Å²) in [7, 11) is 0. The molecule has 2 fully saturated rings. The van der Waals surface area contributed by atoms with Gasteiger partial charge in [-0.1, -0.05) is 35.5 Å². The number of nitrogens with zero attached hydrogens (tertiary/aromatic N) is 2. The SMILES string of the molecule is Cl.NC1CCC2CN(Cc3cc(-c4ccccc4)on3)CC12. The molecule has 2 aromatic rings. The fraction of sp³-hybridized carbons (Fsp3) is 0.471. The lowest BCUT2D eigenvalue weighted by Crippen LogP contribution is -2.30. The van der Waals surface area contributed by atoms with Crippen molar-refractivity contribution in [2.75, 3.05) is 13.1 Å². The van der Waals surface area contributed by atoms with Crippen LogP contribution in [0.3, 0.4) is 0 Å². The number of hydrogen-bond acceptors (Lipinski definition) is 4. The molecule has 0 amide bonds. The van der Waals surface area contributed by atoms with Crippen molar-refractivity contribution in [1.29, 1.82) is 0 Å². The van der Waals surface area contributed by atoms with Crippen LogP contribution in [0.2, 0.25) is 0 Å². The Hall–Kier alpha value is -1.36. The van der Waals surface area contributed by atoms with Gasteiger partial charge in [-0.3, -0.25) is 4.90 Å². The molecule has 5 heteroatoms. The van der Waals surface area contributed by atoms with E-state index in [2.05, 4.69) is 16.1 Å². The first-order valence-corrected chi connectivity index (χ1v) is 7.78. The van der Waals surface area contributed by atoms with E-state index >= 15 is 0 Å². The minimum absolute atomic E-state index is 0. The maximum absolute atomic E-state index is 6.19. The molecule has 1 aliphatic heterocycles. The molecule has 118 valence electrons. The van der Waals surface area contributed by atoms with Crippen LogP contribution < -0.4 is 5.73 Å². The van der Waals surface area contributed by atoms with Crippen LogP contribution in [-0.4, -0.2) is 29.2 Å². The second-order valence-electron chi connectivity index (χ2n) is 6.41. The number of likely N-dealkylation sites (tertiary alicyclic amines) is 1. The second-order valence-corrected chi connectivity index (χ2v) is 6.41. The van der Waals surface area contributed by atoms with Gasteiger partial charge in [0.1, 0.15) is 0 Å². The summed E-state index contributed by atoms with van der Waals surface area (Å²) >= 11 is 0. The summed E-state index contributed by atoms with van der Waals surface area (Å²) in [4.78, 5) is 2.47. The molecule has 3 unspecified atom stereocenters. The Labute approximate surface area is 137 Å². The van der Waals surface area contributed by atoms with Gasteiger partial charge in [-0.15, -0.1) is 12.4 Å². The molecule has 3 atom stereocenters. The number of halogens is 1. The lowest BCUT2D eigenvalue weighted by molar-refractivity contribution is 0.287. The lowest BCUT2D eigenvalue weighted by atomic mass is 9.98. The van der Waals surface area contributed by atoms with Crippen molar-refractivity contribution >= 4 is 12.4 Å². The Balaban J connectivity index is 0.00000144. The van der Waals surface area contributed by atoms with Gasteiger partial charge in [0.05, 0.1) is 5.69 Å². The van der Waals surface area contributed by atoms with Gasteiger partial charge in [0.2, 0.25) is 0 Å². The van der Waals surface area contributed by atoms with E-state index < -0.39 is 0 Å². The summed E-state index contributed by atoms with van der Waals surface area (Å²) < 4.78 is 5.47. The van der Waals surface area contributed by atoms with Gasteiger partial charge in [0.25, 0.3) is 0 Å². The van der Waals surface area contributed by atoms with E-state index in [-0.39, 0.29) is 12.4 Å². The van der Waals surface area contributed by atoms with E-state index in [1.54, 1.807) is 0 Å². The lowest BCUT2D eigenvalue weighted by Gasteiger charge is -2.16. The fourth-order valence-corrected chi connectivity index (χ4v) is 3.88. The zero-order valence-corrected chi connectivity index (χ0v) is 13.3. The first kappa shape index (κ1) is 15.5. The van der Waals surface area contributed by atoms with Crippen molar-refractivity contribution < 1.29 is 4.52 Å². The third-order valence-corrected chi connectivity index (χ3v) is 4.99. The highest BCUT2D eigenvalue weighted by atomic mass is 35.5. The van der Waals surface area contributed by atoms with Gasteiger partial charge in [-0.25, -0.2) is 0 Å². The molecule has 1 saturated carbocycles. The van der Waals surface area contributed by atoms with Crippen LogP contribution in [0.1, 0.15) is 18.5 Å². The van der Waals surface area contributed by atoms with Crippen LogP contribution in [0.15, 0.2) is 40.9 Å². The molecule has 0 spiro atoms. The Kier molecular flexibility index (Phi) is 4.52. The summed E-state index contributed by atoms with van der Waals surface area (Å²) in [6.45, 7) is 3.14. The molecule has 2 N–H and O–H groups in total. The standard InChI is InChI=1S/C17H21N3O.ClH/c18-16-7-6-13-9-20(11-15(13)16)10-14-8-17(21-19-14)12-4-2-1-3-5-12;/h1-5,8,13,15-16H,6-7,9-11,18H2;1H. The molecule has 1 aliphatic carbocycles. The largest absolute Gasteiger partial charge is 0.356 e. The Morgan fingerprint density at radius 3 is 2.77 bits per heavy atom. The molecule has 2 heterocycles. The highest BCUT2D eigenvalue weighted by Crippen LogP contribution is 2.37. The van der Waals surface area contributed by atoms with E-state index in [1.165, 1.54) is 12.8 Å². The highest BCUT2D eigenvalue weighted by molar-refractivity contribution is 5.85. The van der Waals surface area contributed by atoms with Crippen molar-refractivity contribution in [3.8, 4) is 11.3 Å². The van der Waals surface area contributed by atoms with Crippen LogP contribution in [0.25, 0.3) is 11.3 Å². The van der Waals surface area contributed by atoms with Crippen LogP contribution in [0, 0.1) is 11.8 Å². The number of benzene rings is 1. The molecular formula is C17H22ClN3O. The van der Waals surface area contributed by atoms with Crippen LogP contribution >= 0.6 is 12.4 Å². The molecule has 1 aromatic carbocycles. The summed E-state index contributed by atoms with van der Waals surface area (Å²) in [6, 6.07) is 12.6. The maximum atomic E-state index is 6.19. The second kappa shape index (κ2) is 6.41. The van der Waals surface area contributed by atoms with Gasteiger partial charge < -0.3 is 10.3 Å². The van der Waals surface area contributed by atoms with Gasteiger partial charge in [0.15, 0.2) is 5.76 Å². The average molecular weight is 320 g/mol. The van der Waals surface area contributed by atoms with E-state index in [1.807, 2.05) is 30.3 Å². The Morgan fingerprint density at radius 2 is 2.00 bits per heavy atom. The molecule has 0 bridgehead atoms. The fourth-order valence-electron chi connectivity index (χ4n) is 3.88. The highest BCUT2D eigenvalue weighted by Gasteiger charge is 2.40. The van der Waals surface area contributed by atoms with Crippen LogP contribution in [-0.2, 0) is 6.54 Å². The van der Waals surface area contributed by atoms with Crippen molar-refractivity contribution in [2.24, 2.45) is 17.6 Å². The van der Waals surface area contributed by atoms with E-state index in [9.17, 15) is 0 Å². The van der Waals surface area contributed by atoms with Gasteiger partial charge in [-0.05, 0) is 24.7 Å². The number of rotatable bonds is 3. The summed E-state index contributed by atoms with van der Waals surface area (Å²) in [5, 5.41) is 4.22. The Bertz CT molecular complexity index is 615. The first-order valence-electron chi connectivity index (χ1n) is 7.78. The molecule has 1 aromatic heterocycles. The monoisotopic (exact) mass is 319 g/mol. The zero-order valence-electron chi connectivity index (χ0n) is 12.5. The van der Waals surface area contributed by atoms with Crippen LogP contribution in [0.4, 0.5) is 0 Å². The molecule has 0 radical (unpaired) electrons. The number of fused-ring (bicyclic) bond motifs is 1. The number of aromatic nitrogens is 1. The number of nitrogens with two attached hydrogens (primary N) is 1. The van der Waals surface area contributed by atoms with Gasteiger partial charge in [-0.2, -0.15) is 0 Å². The normalized spacial score (nSPS) is 27.6. The van der Waals surface area contributed by atoms with Gasteiger partial charge in [0, 0.05) is 37.3 Å². The molecule has 1 saturated heterocycles. The smallest absolute Gasteiger partial charge is 0.167 e. The van der Waals surface area contributed by atoms with Gasteiger partial charge >= 0.3 is 0 Å². The van der Waals surface area contributed by atoms with E-state index in [0.717, 1.165) is 42.6 Å². The summed E-state index contributed by atoms with van der Waals surface area (Å²) in [5.41, 5.74) is 8.29. The first-order chi connectivity index (χ1) is 10.3.